The maximum atomic E-state index is 6.07. The minimum Gasteiger partial charge on any atom is -0.494 e. The molecule has 0 aliphatic rings. The Morgan fingerprint density at radius 3 is 2.41 bits per heavy atom. The van der Waals surface area contributed by atoms with E-state index in [9.17, 15) is 0 Å². The lowest BCUT2D eigenvalue weighted by Crippen LogP contribution is -1.99. The highest BCUT2D eigenvalue weighted by Gasteiger charge is 2.08. The van der Waals surface area contributed by atoms with Crippen molar-refractivity contribution in [3.8, 4) is 17.1 Å². The zero-order valence-electron chi connectivity index (χ0n) is 14.6. The van der Waals surface area contributed by atoms with Gasteiger partial charge in [-0.05, 0) is 54.8 Å². The predicted molar refractivity (Wildman–Crippen MR) is 112 cm³/mol. The van der Waals surface area contributed by atoms with Crippen LogP contribution in [0.2, 0.25) is 10.0 Å². The Kier molecular flexibility index (Phi) is 5.33. The number of nitrogens with one attached hydrogen (secondary N) is 1. The fourth-order valence-corrected chi connectivity index (χ4v) is 3.28. The first-order valence-corrected chi connectivity index (χ1v) is 9.56. The molecule has 1 heterocycles. The predicted octanol–water partition coefficient (Wildman–Crippen LogP) is 6.55. The van der Waals surface area contributed by atoms with Crippen LogP contribution < -0.4 is 4.74 Å². The molecule has 0 bridgehead atoms. The number of imidazole rings is 1. The highest BCUT2D eigenvalue weighted by atomic mass is 35.5. The summed E-state index contributed by atoms with van der Waals surface area (Å²) in [6.07, 6.45) is 2.00. The molecule has 0 radical (unpaired) electrons. The first-order chi connectivity index (χ1) is 13.2. The normalized spacial score (nSPS) is 11.0. The lowest BCUT2D eigenvalue weighted by molar-refractivity contribution is 0.311. The molecule has 0 saturated heterocycles. The Hall–Kier alpha value is -2.49. The molecule has 0 aliphatic carbocycles. The van der Waals surface area contributed by atoms with Crippen molar-refractivity contribution in [2.24, 2.45) is 0 Å². The molecule has 27 heavy (non-hydrogen) atoms. The maximum absolute atomic E-state index is 6.07. The number of aromatic nitrogens is 2. The van der Waals surface area contributed by atoms with Gasteiger partial charge < -0.3 is 9.72 Å². The van der Waals surface area contributed by atoms with Gasteiger partial charge in [-0.15, -0.1) is 0 Å². The lowest BCUT2D eigenvalue weighted by Gasteiger charge is -2.07. The molecule has 0 saturated carbocycles. The fraction of sp³-hybridized carbons (Fsp3) is 0.136. The van der Waals surface area contributed by atoms with Crippen LogP contribution in [0.5, 0.6) is 5.75 Å². The summed E-state index contributed by atoms with van der Waals surface area (Å²) in [5, 5.41) is 1.01. The zero-order valence-corrected chi connectivity index (χ0v) is 16.1. The second kappa shape index (κ2) is 8.03. The average molecular weight is 397 g/mol. The summed E-state index contributed by atoms with van der Waals surface area (Å²) in [4.78, 5) is 7.86. The van der Waals surface area contributed by atoms with E-state index in [1.54, 1.807) is 12.1 Å². The van der Waals surface area contributed by atoms with Crippen molar-refractivity contribution in [1.29, 1.82) is 0 Å². The van der Waals surface area contributed by atoms with Crippen LogP contribution in [-0.2, 0) is 6.42 Å². The van der Waals surface area contributed by atoms with Gasteiger partial charge >= 0.3 is 0 Å². The molecule has 0 unspecified atom stereocenters. The minimum absolute atomic E-state index is 0.501. The number of fused-ring (bicyclic) bond motifs is 1. The first kappa shape index (κ1) is 17.9. The quantitative estimate of drug-likeness (QED) is 0.375. The number of halogens is 2. The standard InChI is InChI=1S/C22H18Cl2N2O/c23-18-13-20-21(14-19(18)24)26-22(25-20)16-8-10-17(11-9-16)27-12-4-7-15-5-2-1-3-6-15/h1-3,5-6,8-11,13-14H,4,7,12H2,(H,25,26). The molecule has 136 valence electrons. The van der Waals surface area contributed by atoms with Gasteiger partial charge in [0.1, 0.15) is 11.6 Å². The van der Waals surface area contributed by atoms with Gasteiger partial charge in [-0.2, -0.15) is 0 Å². The third-order valence-electron chi connectivity index (χ3n) is 4.37. The van der Waals surface area contributed by atoms with Crippen molar-refractivity contribution in [1.82, 2.24) is 9.97 Å². The maximum Gasteiger partial charge on any atom is 0.138 e. The van der Waals surface area contributed by atoms with Crippen LogP contribution in [-0.4, -0.2) is 16.6 Å². The van der Waals surface area contributed by atoms with E-state index >= 15 is 0 Å². The third kappa shape index (κ3) is 4.26. The van der Waals surface area contributed by atoms with Crippen LogP contribution in [0.15, 0.2) is 66.7 Å². The molecular formula is C22H18Cl2N2O. The highest BCUT2D eigenvalue weighted by Crippen LogP contribution is 2.29. The number of aromatic amines is 1. The smallest absolute Gasteiger partial charge is 0.138 e. The van der Waals surface area contributed by atoms with Gasteiger partial charge in [0.2, 0.25) is 0 Å². The van der Waals surface area contributed by atoms with E-state index in [1.165, 1.54) is 5.56 Å². The molecule has 0 fully saturated rings. The van der Waals surface area contributed by atoms with Crippen molar-refractivity contribution in [3.05, 3.63) is 82.3 Å². The molecule has 0 spiro atoms. The van der Waals surface area contributed by atoms with Crippen LogP contribution in [0, 0.1) is 0 Å². The van der Waals surface area contributed by atoms with Crippen molar-refractivity contribution in [3.63, 3.8) is 0 Å². The molecule has 0 atom stereocenters. The summed E-state index contributed by atoms with van der Waals surface area (Å²) >= 11 is 12.1. The summed E-state index contributed by atoms with van der Waals surface area (Å²) in [5.74, 6) is 1.63. The van der Waals surface area contributed by atoms with E-state index in [0.29, 0.717) is 16.7 Å². The Labute approximate surface area is 167 Å². The molecular weight excluding hydrogens is 379 g/mol. The molecule has 1 N–H and O–H groups in total. The number of hydrogen-bond acceptors (Lipinski definition) is 2. The van der Waals surface area contributed by atoms with Gasteiger partial charge in [0, 0.05) is 5.56 Å². The Morgan fingerprint density at radius 1 is 0.889 bits per heavy atom. The first-order valence-electron chi connectivity index (χ1n) is 8.81. The zero-order chi connectivity index (χ0) is 18.6. The Balaban J connectivity index is 1.38. The summed E-state index contributed by atoms with van der Waals surface area (Å²) in [5.41, 5.74) is 3.97. The van der Waals surface area contributed by atoms with E-state index in [-0.39, 0.29) is 0 Å². The lowest BCUT2D eigenvalue weighted by atomic mass is 10.1. The van der Waals surface area contributed by atoms with Gasteiger partial charge in [0.05, 0.1) is 27.7 Å². The SMILES string of the molecule is Clc1cc2nc(-c3ccc(OCCCc4ccccc4)cc3)[nH]c2cc1Cl. The average Bonchev–Trinajstić information content (AvgIpc) is 3.09. The number of aryl methyl sites for hydroxylation is 1. The van der Waals surface area contributed by atoms with E-state index in [4.69, 9.17) is 27.9 Å². The summed E-state index contributed by atoms with van der Waals surface area (Å²) in [7, 11) is 0. The summed E-state index contributed by atoms with van der Waals surface area (Å²) in [6, 6.07) is 21.9. The van der Waals surface area contributed by atoms with Gasteiger partial charge in [0.25, 0.3) is 0 Å². The van der Waals surface area contributed by atoms with E-state index in [1.807, 2.05) is 30.3 Å². The van der Waals surface area contributed by atoms with E-state index in [2.05, 4.69) is 34.2 Å². The second-order valence-corrected chi connectivity index (χ2v) is 7.15. The molecule has 3 nitrogen and oxygen atoms in total. The monoisotopic (exact) mass is 396 g/mol. The van der Waals surface area contributed by atoms with E-state index < -0.39 is 0 Å². The topological polar surface area (TPSA) is 37.9 Å². The molecule has 0 amide bonds. The van der Waals surface area contributed by atoms with Gasteiger partial charge in [-0.1, -0.05) is 53.5 Å². The van der Waals surface area contributed by atoms with Crippen LogP contribution in [0.1, 0.15) is 12.0 Å². The number of benzene rings is 3. The number of ether oxygens (including phenoxy) is 1. The van der Waals surface area contributed by atoms with Crippen LogP contribution in [0.25, 0.3) is 22.4 Å². The molecule has 0 aliphatic heterocycles. The van der Waals surface area contributed by atoms with Gasteiger partial charge in [-0.25, -0.2) is 4.98 Å². The van der Waals surface area contributed by atoms with Crippen molar-refractivity contribution in [2.75, 3.05) is 6.61 Å². The number of H-pyrrole nitrogens is 1. The minimum atomic E-state index is 0.501. The van der Waals surface area contributed by atoms with Crippen molar-refractivity contribution in [2.45, 2.75) is 12.8 Å². The molecule has 4 aromatic rings. The molecule has 1 aromatic heterocycles. The van der Waals surface area contributed by atoms with Gasteiger partial charge in [-0.3, -0.25) is 0 Å². The largest absolute Gasteiger partial charge is 0.494 e. The van der Waals surface area contributed by atoms with Crippen LogP contribution in [0.4, 0.5) is 0 Å². The highest BCUT2D eigenvalue weighted by molar-refractivity contribution is 6.42. The number of hydrogen-bond donors (Lipinski definition) is 1. The van der Waals surface area contributed by atoms with Crippen molar-refractivity contribution < 1.29 is 4.74 Å². The number of nitrogens with zero attached hydrogens (tertiary/aromatic N) is 1. The van der Waals surface area contributed by atoms with Gasteiger partial charge in [0.15, 0.2) is 0 Å². The second-order valence-electron chi connectivity index (χ2n) is 6.33. The van der Waals surface area contributed by atoms with E-state index in [0.717, 1.165) is 41.0 Å². The fourth-order valence-electron chi connectivity index (χ4n) is 2.96. The number of rotatable bonds is 6. The summed E-state index contributed by atoms with van der Waals surface area (Å²) in [6.45, 7) is 0.690. The summed E-state index contributed by atoms with van der Waals surface area (Å²) < 4.78 is 5.84. The van der Waals surface area contributed by atoms with Crippen LogP contribution >= 0.6 is 23.2 Å². The van der Waals surface area contributed by atoms with Crippen LogP contribution in [0.3, 0.4) is 0 Å². The van der Waals surface area contributed by atoms with Crippen molar-refractivity contribution >= 4 is 34.2 Å². The molecule has 5 heteroatoms. The third-order valence-corrected chi connectivity index (χ3v) is 5.10. The molecule has 4 rings (SSSR count). The molecule has 3 aromatic carbocycles. The Morgan fingerprint density at radius 2 is 1.63 bits per heavy atom. The Bertz CT molecular complexity index is 1000.